The highest BCUT2D eigenvalue weighted by molar-refractivity contribution is 7.20. The summed E-state index contributed by atoms with van der Waals surface area (Å²) in [6.45, 7) is 4.77. The normalized spacial score (nSPS) is 14.1. The van der Waals surface area contributed by atoms with Crippen LogP contribution in [0.3, 0.4) is 0 Å². The number of allylic oxidation sites excluding steroid dienone is 1. The van der Waals surface area contributed by atoms with Crippen molar-refractivity contribution in [1.29, 1.82) is 0 Å². The first-order valence-electron chi connectivity index (χ1n) is 20.1. The average molecular weight is 748 g/mol. The zero-order valence-corrected chi connectivity index (χ0v) is 33.0. The smallest absolute Gasteiger partial charge is 0.0462 e. The van der Waals surface area contributed by atoms with Crippen LogP contribution < -0.4 is 4.90 Å². The molecule has 1 heterocycles. The third kappa shape index (κ3) is 5.51. The SMILES string of the molecule is CC1(C)c2ccccc2-c2ccc(N(C3=C(c4ccc5ccccc5c4)c4sc5ccccc5c4CC3)c3ccc(-c4ccccc4-c4ccccc4)cc3)cc21. The number of fused-ring (bicyclic) bond motifs is 7. The van der Waals surface area contributed by atoms with E-state index in [0.29, 0.717) is 0 Å². The van der Waals surface area contributed by atoms with E-state index in [1.807, 2.05) is 11.3 Å². The van der Waals surface area contributed by atoms with Gasteiger partial charge in [0.1, 0.15) is 0 Å². The molecular formula is C55H41NS. The molecule has 0 N–H and O–H groups in total. The summed E-state index contributed by atoms with van der Waals surface area (Å²) >= 11 is 1.95. The second-order valence-corrected chi connectivity index (χ2v) is 17.0. The maximum Gasteiger partial charge on any atom is 0.0462 e. The lowest BCUT2D eigenvalue weighted by atomic mass is 9.82. The van der Waals surface area contributed by atoms with Crippen LogP contribution in [-0.4, -0.2) is 0 Å². The van der Waals surface area contributed by atoms with Crippen molar-refractivity contribution in [1.82, 2.24) is 0 Å². The molecule has 0 saturated heterocycles. The Hall–Kier alpha value is -6.48. The monoisotopic (exact) mass is 747 g/mol. The van der Waals surface area contributed by atoms with Crippen LogP contribution in [0.25, 0.3) is 59.8 Å². The molecule has 0 spiro atoms. The van der Waals surface area contributed by atoms with Gasteiger partial charge >= 0.3 is 0 Å². The fraction of sp³-hybridized carbons (Fsp3) is 0.0909. The van der Waals surface area contributed by atoms with Gasteiger partial charge in [0.2, 0.25) is 0 Å². The molecule has 0 fully saturated rings. The van der Waals surface area contributed by atoms with Crippen LogP contribution in [0, 0.1) is 0 Å². The van der Waals surface area contributed by atoms with E-state index in [0.717, 1.165) is 12.8 Å². The lowest BCUT2D eigenvalue weighted by Crippen LogP contribution is -2.22. The van der Waals surface area contributed by atoms with Gasteiger partial charge in [0, 0.05) is 37.6 Å². The third-order valence-electron chi connectivity index (χ3n) is 12.4. The predicted molar refractivity (Wildman–Crippen MR) is 244 cm³/mol. The Morgan fingerprint density at radius 1 is 0.456 bits per heavy atom. The lowest BCUT2D eigenvalue weighted by molar-refractivity contribution is 0.660. The molecule has 8 aromatic carbocycles. The van der Waals surface area contributed by atoms with E-state index in [4.69, 9.17) is 0 Å². The Morgan fingerprint density at radius 2 is 1.07 bits per heavy atom. The van der Waals surface area contributed by atoms with Crippen molar-refractivity contribution in [3.63, 3.8) is 0 Å². The Balaban J connectivity index is 1.15. The zero-order chi connectivity index (χ0) is 38.1. The Morgan fingerprint density at radius 3 is 1.88 bits per heavy atom. The summed E-state index contributed by atoms with van der Waals surface area (Å²) in [4.78, 5) is 3.98. The van der Waals surface area contributed by atoms with Crippen LogP contribution in [0.1, 0.15) is 47.4 Å². The van der Waals surface area contributed by atoms with Gasteiger partial charge in [0.15, 0.2) is 0 Å². The molecule has 57 heavy (non-hydrogen) atoms. The maximum atomic E-state index is 2.59. The molecule has 1 aromatic heterocycles. The van der Waals surface area contributed by atoms with Gasteiger partial charge in [-0.15, -0.1) is 11.3 Å². The van der Waals surface area contributed by atoms with E-state index in [9.17, 15) is 0 Å². The molecule has 0 saturated carbocycles. The van der Waals surface area contributed by atoms with Crippen LogP contribution in [0.5, 0.6) is 0 Å². The molecule has 2 aliphatic rings. The first-order chi connectivity index (χ1) is 28.0. The average Bonchev–Trinajstić information content (AvgIpc) is 3.76. The molecule has 0 bridgehead atoms. The molecule has 2 heteroatoms. The minimum Gasteiger partial charge on any atom is -0.314 e. The van der Waals surface area contributed by atoms with Crippen molar-refractivity contribution in [3.05, 3.63) is 221 Å². The Bertz CT molecular complexity index is 3040. The number of rotatable bonds is 6. The van der Waals surface area contributed by atoms with Gasteiger partial charge in [-0.25, -0.2) is 0 Å². The van der Waals surface area contributed by atoms with Crippen LogP contribution in [0.15, 0.2) is 194 Å². The van der Waals surface area contributed by atoms with Crippen molar-refractivity contribution in [2.24, 2.45) is 0 Å². The van der Waals surface area contributed by atoms with Gasteiger partial charge < -0.3 is 4.90 Å². The molecule has 9 aromatic rings. The summed E-state index contributed by atoms with van der Waals surface area (Å²) in [5.41, 5.74) is 18.1. The number of benzene rings is 8. The van der Waals surface area contributed by atoms with Crippen molar-refractivity contribution < 1.29 is 0 Å². The summed E-state index contributed by atoms with van der Waals surface area (Å²) in [6, 6.07) is 69.8. The highest BCUT2D eigenvalue weighted by Crippen LogP contribution is 2.52. The van der Waals surface area contributed by atoms with E-state index >= 15 is 0 Å². The highest BCUT2D eigenvalue weighted by Gasteiger charge is 2.36. The molecule has 0 amide bonds. The van der Waals surface area contributed by atoms with E-state index in [-0.39, 0.29) is 5.41 Å². The minimum absolute atomic E-state index is 0.112. The van der Waals surface area contributed by atoms with Gasteiger partial charge in [-0.05, 0) is 121 Å². The molecule has 272 valence electrons. The van der Waals surface area contributed by atoms with Gasteiger partial charge in [-0.2, -0.15) is 0 Å². The topological polar surface area (TPSA) is 3.24 Å². The van der Waals surface area contributed by atoms with Crippen molar-refractivity contribution >= 4 is 49.1 Å². The second-order valence-electron chi connectivity index (χ2n) is 16.0. The van der Waals surface area contributed by atoms with Gasteiger partial charge in [0.05, 0.1) is 0 Å². The maximum absolute atomic E-state index is 2.59. The second kappa shape index (κ2) is 13.3. The van der Waals surface area contributed by atoms with E-state index < -0.39 is 0 Å². The Kier molecular flexibility index (Phi) is 7.91. The number of nitrogens with zero attached hydrogens (tertiary/aromatic N) is 1. The molecule has 2 aliphatic carbocycles. The van der Waals surface area contributed by atoms with Crippen molar-refractivity contribution in [2.45, 2.75) is 32.1 Å². The first kappa shape index (κ1) is 33.8. The molecular weight excluding hydrogens is 707 g/mol. The number of aryl methyl sites for hydroxylation is 1. The number of anilines is 2. The summed E-state index contributed by atoms with van der Waals surface area (Å²) in [7, 11) is 0. The van der Waals surface area contributed by atoms with Crippen LogP contribution in [0.4, 0.5) is 11.4 Å². The number of thiophene rings is 1. The van der Waals surface area contributed by atoms with E-state index in [1.165, 1.54) is 104 Å². The Labute approximate surface area is 338 Å². The molecule has 0 radical (unpaired) electrons. The zero-order valence-electron chi connectivity index (χ0n) is 32.2. The largest absolute Gasteiger partial charge is 0.314 e. The quantitative estimate of drug-likeness (QED) is 0.164. The summed E-state index contributed by atoms with van der Waals surface area (Å²) in [5, 5.41) is 3.92. The summed E-state index contributed by atoms with van der Waals surface area (Å²) < 4.78 is 1.35. The molecule has 0 unspecified atom stereocenters. The van der Waals surface area contributed by atoms with Crippen LogP contribution >= 0.6 is 11.3 Å². The minimum atomic E-state index is -0.112. The van der Waals surface area contributed by atoms with Gasteiger partial charge in [-0.3, -0.25) is 0 Å². The van der Waals surface area contributed by atoms with Crippen LogP contribution in [0.2, 0.25) is 0 Å². The van der Waals surface area contributed by atoms with E-state index in [1.54, 1.807) is 0 Å². The van der Waals surface area contributed by atoms with Crippen molar-refractivity contribution in [2.75, 3.05) is 4.90 Å². The number of hydrogen-bond acceptors (Lipinski definition) is 2. The first-order valence-corrected chi connectivity index (χ1v) is 20.9. The molecule has 0 aliphatic heterocycles. The standard InChI is InChI=1S/C55H41NS/c1-55(2)49-22-12-10-20-45(49)46-31-30-42(35-50(46)55)56(41-28-26-38(27-29-41)44-19-9-8-18-43(44)37-15-4-3-5-16-37)51-33-32-48-47-21-11-13-23-52(47)57-54(48)53(51)40-25-24-36-14-6-7-17-39(36)34-40/h3-31,34-35H,32-33H2,1-2H3. The predicted octanol–water partition coefficient (Wildman–Crippen LogP) is 15.2. The highest BCUT2D eigenvalue weighted by atomic mass is 32.1. The molecule has 0 atom stereocenters. The molecule has 1 nitrogen and oxygen atoms in total. The third-order valence-corrected chi connectivity index (χ3v) is 13.6. The van der Waals surface area contributed by atoms with E-state index in [2.05, 4.69) is 207 Å². The summed E-state index contributed by atoms with van der Waals surface area (Å²) in [6.07, 6.45) is 1.92. The fourth-order valence-corrected chi connectivity index (χ4v) is 10.9. The van der Waals surface area contributed by atoms with Crippen molar-refractivity contribution in [3.8, 4) is 33.4 Å². The van der Waals surface area contributed by atoms with Gasteiger partial charge in [0.25, 0.3) is 0 Å². The summed E-state index contributed by atoms with van der Waals surface area (Å²) in [5.74, 6) is 0. The van der Waals surface area contributed by atoms with Crippen LogP contribution in [-0.2, 0) is 11.8 Å². The fourth-order valence-electron chi connectivity index (χ4n) is 9.60. The lowest BCUT2D eigenvalue weighted by Gasteiger charge is -2.34. The molecule has 11 rings (SSSR count). The number of hydrogen-bond donors (Lipinski definition) is 0. The van der Waals surface area contributed by atoms with Gasteiger partial charge in [-0.1, -0.05) is 166 Å².